The Labute approximate surface area is 193 Å². The van der Waals surface area contributed by atoms with Crippen LogP contribution < -0.4 is 10.6 Å². The summed E-state index contributed by atoms with van der Waals surface area (Å²) in [6.45, 7) is 3.52. The molecule has 1 amide bonds. The van der Waals surface area contributed by atoms with E-state index in [1.165, 1.54) is 11.3 Å². The van der Waals surface area contributed by atoms with Crippen molar-refractivity contribution in [1.82, 2.24) is 20.2 Å². The van der Waals surface area contributed by atoms with E-state index in [0.29, 0.717) is 44.6 Å². The molecule has 0 atom stereocenters. The van der Waals surface area contributed by atoms with Crippen molar-refractivity contribution in [2.24, 2.45) is 0 Å². The lowest BCUT2D eigenvalue weighted by Crippen LogP contribution is -2.63. The van der Waals surface area contributed by atoms with Crippen molar-refractivity contribution in [3.63, 3.8) is 0 Å². The third-order valence-electron chi connectivity index (χ3n) is 6.52. The molecule has 1 saturated carbocycles. The molecule has 5 rings (SSSR count). The van der Waals surface area contributed by atoms with Crippen LogP contribution in [0.2, 0.25) is 0 Å². The average Bonchev–Trinajstić information content (AvgIpc) is 3.33. The molecule has 1 aromatic carbocycles. The van der Waals surface area contributed by atoms with Crippen LogP contribution in [-0.2, 0) is 10.4 Å². The highest BCUT2D eigenvalue weighted by Gasteiger charge is 2.41. The lowest BCUT2D eigenvalue weighted by atomic mass is 9.81. The Hall–Kier alpha value is -2.55. The van der Waals surface area contributed by atoms with Gasteiger partial charge in [0.05, 0.1) is 12.6 Å². The van der Waals surface area contributed by atoms with Crippen LogP contribution in [0.1, 0.15) is 37.6 Å². The Balaban J connectivity index is 1.10. The summed E-state index contributed by atoms with van der Waals surface area (Å²) in [4.78, 5) is 23.3. The highest BCUT2D eigenvalue weighted by Crippen LogP contribution is 2.40. The minimum Gasteiger partial charge on any atom is -0.383 e. The number of likely N-dealkylation sites (tertiary alicyclic amines) is 1. The van der Waals surface area contributed by atoms with Crippen molar-refractivity contribution in [2.45, 2.75) is 50.3 Å². The average molecular weight is 453 g/mol. The Morgan fingerprint density at radius 3 is 2.84 bits per heavy atom. The zero-order valence-electron chi connectivity index (χ0n) is 19.2. The van der Waals surface area contributed by atoms with E-state index in [9.17, 15) is 9.90 Å². The van der Waals surface area contributed by atoms with E-state index in [0.717, 1.165) is 21.3 Å². The van der Waals surface area contributed by atoms with Crippen molar-refractivity contribution in [3.05, 3.63) is 52.6 Å². The number of hydrogen-bond donors (Lipinski definition) is 3. The number of benzene rings is 1. The van der Waals surface area contributed by atoms with Crippen LogP contribution in [0.15, 0.2) is 42.0 Å². The Morgan fingerprint density at radius 2 is 2.09 bits per heavy atom. The number of aromatic nitrogens is 2. The monoisotopic (exact) mass is 452 g/mol. The molecule has 1 aliphatic carbocycles. The molecule has 3 N–H and O–H groups in total. The van der Waals surface area contributed by atoms with E-state index in [4.69, 9.17) is 1.37 Å². The molecule has 0 radical (unpaired) electrons. The van der Waals surface area contributed by atoms with E-state index in [-0.39, 0.29) is 18.5 Å². The summed E-state index contributed by atoms with van der Waals surface area (Å²) in [5, 5.41) is 21.9. The first-order valence-electron chi connectivity index (χ1n) is 11.6. The zero-order valence-corrected chi connectivity index (χ0v) is 19.0. The molecule has 1 aliphatic heterocycles. The van der Waals surface area contributed by atoms with Gasteiger partial charge in [0, 0.05) is 43.6 Å². The molecular formula is C24H29N5O2S. The molecule has 32 heavy (non-hydrogen) atoms. The second-order valence-electron chi connectivity index (χ2n) is 8.84. The van der Waals surface area contributed by atoms with Crippen molar-refractivity contribution in [2.75, 3.05) is 25.0 Å². The second-order valence-corrected chi connectivity index (χ2v) is 9.74. The largest absolute Gasteiger partial charge is 0.383 e. The number of nitrogens with one attached hydrogen (secondary N) is 2. The fourth-order valence-corrected chi connectivity index (χ4v) is 5.43. The maximum absolute atomic E-state index is 12.5. The van der Waals surface area contributed by atoms with Crippen LogP contribution in [0.5, 0.6) is 0 Å². The van der Waals surface area contributed by atoms with Gasteiger partial charge in [0.25, 0.3) is 0 Å². The maximum Gasteiger partial charge on any atom is 0.239 e. The van der Waals surface area contributed by atoms with Gasteiger partial charge in [-0.1, -0.05) is 17.7 Å². The van der Waals surface area contributed by atoms with E-state index in [1.54, 1.807) is 12.4 Å². The number of carbonyl (C=O) groups excluding carboxylic acids is 1. The highest BCUT2D eigenvalue weighted by molar-refractivity contribution is 7.09. The van der Waals surface area contributed by atoms with Crippen LogP contribution >= 0.6 is 11.3 Å². The van der Waals surface area contributed by atoms with Crippen LogP contribution in [-0.4, -0.2) is 57.6 Å². The molecule has 2 aromatic heterocycles. The number of rotatable bonds is 6. The number of anilines is 1. The third kappa shape index (κ3) is 4.35. The predicted octanol–water partition coefficient (Wildman–Crippen LogP) is 3.04. The summed E-state index contributed by atoms with van der Waals surface area (Å²) in [5.41, 5.74) is 0.242. The van der Waals surface area contributed by atoms with Gasteiger partial charge in [-0.25, -0.2) is 9.97 Å². The molecule has 2 fully saturated rings. The summed E-state index contributed by atoms with van der Waals surface area (Å²) in [6, 6.07) is 7.51. The van der Waals surface area contributed by atoms with Crippen molar-refractivity contribution < 1.29 is 11.3 Å². The Bertz CT molecular complexity index is 1140. The van der Waals surface area contributed by atoms with E-state index in [1.807, 2.05) is 18.4 Å². The molecule has 7 nitrogen and oxygen atoms in total. The lowest BCUT2D eigenvalue weighted by Gasteiger charge is -2.47. The van der Waals surface area contributed by atoms with Gasteiger partial charge < -0.3 is 15.7 Å². The van der Waals surface area contributed by atoms with Gasteiger partial charge in [-0.3, -0.25) is 9.69 Å². The van der Waals surface area contributed by atoms with Gasteiger partial charge in [-0.2, -0.15) is 0 Å². The quantitative estimate of drug-likeness (QED) is 0.533. The van der Waals surface area contributed by atoms with Gasteiger partial charge in [0.2, 0.25) is 5.91 Å². The SMILES string of the molecule is [2H]C1(N2CC(NC(=O)CNc3nccc4ccc(C)cc34)C2)CCC(O)(c2nccs2)CC1. The minimum atomic E-state index is -0.906. The summed E-state index contributed by atoms with van der Waals surface area (Å²) in [7, 11) is 0. The van der Waals surface area contributed by atoms with Gasteiger partial charge in [-0.05, 0) is 50.1 Å². The summed E-state index contributed by atoms with van der Waals surface area (Å²) in [5.74, 6) is 0.633. The molecule has 3 aromatic rings. The summed E-state index contributed by atoms with van der Waals surface area (Å²) in [6.07, 6.45) is 5.73. The molecular weight excluding hydrogens is 422 g/mol. The number of thiazole rings is 1. The summed E-state index contributed by atoms with van der Waals surface area (Å²) >= 11 is 1.47. The number of amides is 1. The van der Waals surface area contributed by atoms with Gasteiger partial charge in [0.15, 0.2) is 0 Å². The topological polar surface area (TPSA) is 90.4 Å². The highest BCUT2D eigenvalue weighted by atomic mass is 32.1. The number of aryl methyl sites for hydroxylation is 1. The number of fused-ring (bicyclic) bond motifs is 1. The van der Waals surface area contributed by atoms with Gasteiger partial charge in [0.1, 0.15) is 16.4 Å². The molecule has 2 aliphatic rings. The van der Waals surface area contributed by atoms with Crippen LogP contribution in [0.25, 0.3) is 10.8 Å². The van der Waals surface area contributed by atoms with Gasteiger partial charge in [-0.15, -0.1) is 11.3 Å². The molecule has 0 unspecified atom stereocenters. The standard InChI is InChI=1S/C24H29N5O2S/c1-16-2-3-17-6-9-25-22(20(17)12-16)27-13-21(30)28-18-14-29(15-18)19-4-7-24(31,8-5-19)23-26-10-11-32-23/h2-3,6,9-12,18-19,31H,4-5,7-8,13-15H2,1H3,(H,25,27)(H,28,30)/i19D. The minimum absolute atomic E-state index is 0.0454. The first kappa shape index (κ1) is 20.1. The van der Waals surface area contributed by atoms with E-state index < -0.39 is 11.6 Å². The zero-order chi connectivity index (χ0) is 23.1. The summed E-state index contributed by atoms with van der Waals surface area (Å²) < 4.78 is 8.90. The first-order chi connectivity index (χ1) is 15.8. The molecule has 168 valence electrons. The number of pyridine rings is 1. The molecule has 1 saturated heterocycles. The molecule has 8 heteroatoms. The van der Waals surface area contributed by atoms with Crippen molar-refractivity contribution >= 4 is 33.8 Å². The number of hydrogen-bond acceptors (Lipinski definition) is 7. The molecule has 0 spiro atoms. The molecule has 0 bridgehead atoms. The van der Waals surface area contributed by atoms with Gasteiger partial charge >= 0.3 is 0 Å². The number of carbonyl (C=O) groups is 1. The second kappa shape index (κ2) is 8.77. The predicted molar refractivity (Wildman–Crippen MR) is 127 cm³/mol. The van der Waals surface area contributed by atoms with Crippen LogP contribution in [0.4, 0.5) is 5.82 Å². The maximum atomic E-state index is 12.5. The normalized spacial score (nSPS) is 27.0. The van der Waals surface area contributed by atoms with Crippen LogP contribution in [0, 0.1) is 6.92 Å². The fraction of sp³-hybridized carbons (Fsp3) is 0.458. The fourth-order valence-electron chi connectivity index (χ4n) is 4.63. The van der Waals surface area contributed by atoms with Crippen molar-refractivity contribution in [3.8, 4) is 0 Å². The van der Waals surface area contributed by atoms with Crippen molar-refractivity contribution in [1.29, 1.82) is 0 Å². The Morgan fingerprint density at radius 1 is 1.28 bits per heavy atom. The third-order valence-corrected chi connectivity index (χ3v) is 7.48. The number of aliphatic hydroxyl groups is 1. The molecule has 3 heterocycles. The Kier molecular flexibility index (Phi) is 5.50. The lowest BCUT2D eigenvalue weighted by molar-refractivity contribution is -0.121. The first-order valence-corrected chi connectivity index (χ1v) is 12.0. The van der Waals surface area contributed by atoms with E-state index in [2.05, 4.69) is 43.7 Å². The number of nitrogens with zero attached hydrogens (tertiary/aromatic N) is 3. The smallest absolute Gasteiger partial charge is 0.239 e. The van der Waals surface area contributed by atoms with E-state index >= 15 is 0 Å². The van der Waals surface area contributed by atoms with Crippen LogP contribution in [0.3, 0.4) is 0 Å².